The predicted molar refractivity (Wildman–Crippen MR) is 106 cm³/mol. The van der Waals surface area contributed by atoms with E-state index in [9.17, 15) is 4.79 Å². The van der Waals surface area contributed by atoms with Crippen LogP contribution in [0.1, 0.15) is 60.4 Å². The molecule has 1 heterocycles. The number of rotatable bonds is 6. The first-order chi connectivity index (χ1) is 13.1. The molecule has 144 valence electrons. The lowest BCUT2D eigenvalue weighted by Gasteiger charge is -2.16. The summed E-state index contributed by atoms with van der Waals surface area (Å²) >= 11 is 0. The zero-order valence-electron chi connectivity index (χ0n) is 16.1. The van der Waals surface area contributed by atoms with Crippen molar-refractivity contribution in [2.75, 3.05) is 12.4 Å². The molecule has 6 heteroatoms. The van der Waals surface area contributed by atoms with Crippen LogP contribution < -0.4 is 15.4 Å². The molecule has 0 spiro atoms. The van der Waals surface area contributed by atoms with Crippen LogP contribution in [0.2, 0.25) is 0 Å². The number of nitrogens with one attached hydrogen (secondary N) is 2. The molecule has 2 aromatic rings. The Morgan fingerprint density at radius 1 is 1.11 bits per heavy atom. The van der Waals surface area contributed by atoms with Gasteiger partial charge in [-0.3, -0.25) is 4.79 Å². The van der Waals surface area contributed by atoms with E-state index in [0.717, 1.165) is 24.2 Å². The number of benzene rings is 1. The fourth-order valence-electron chi connectivity index (χ4n) is 3.39. The molecule has 1 amide bonds. The van der Waals surface area contributed by atoms with Crippen molar-refractivity contribution in [3.63, 3.8) is 0 Å². The van der Waals surface area contributed by atoms with Crippen molar-refractivity contribution in [3.8, 4) is 5.75 Å². The molecule has 0 saturated heterocycles. The molecule has 1 aliphatic rings. The van der Waals surface area contributed by atoms with Crippen molar-refractivity contribution < 1.29 is 9.53 Å². The fourth-order valence-corrected chi connectivity index (χ4v) is 3.39. The molecule has 0 bridgehead atoms. The number of methoxy groups -OCH3 is 1. The summed E-state index contributed by atoms with van der Waals surface area (Å²) in [6.45, 7) is 2.42. The van der Waals surface area contributed by atoms with E-state index in [1.54, 1.807) is 20.1 Å². The van der Waals surface area contributed by atoms with Crippen molar-refractivity contribution in [2.45, 2.75) is 58.0 Å². The normalized spacial score (nSPS) is 15.0. The van der Waals surface area contributed by atoms with Gasteiger partial charge in [-0.1, -0.05) is 37.8 Å². The molecule has 1 aromatic heterocycles. The minimum Gasteiger partial charge on any atom is -0.497 e. The molecular formula is C21H28N4O2. The van der Waals surface area contributed by atoms with Gasteiger partial charge < -0.3 is 15.4 Å². The largest absolute Gasteiger partial charge is 0.497 e. The number of amides is 1. The molecule has 1 aromatic carbocycles. The lowest BCUT2D eigenvalue weighted by molar-refractivity contribution is 0.0928. The number of aromatic nitrogens is 2. The van der Waals surface area contributed by atoms with Crippen LogP contribution in [-0.2, 0) is 6.54 Å². The Kier molecular flexibility index (Phi) is 6.63. The highest BCUT2D eigenvalue weighted by molar-refractivity contribution is 5.93. The smallest absolute Gasteiger partial charge is 0.270 e. The molecule has 27 heavy (non-hydrogen) atoms. The number of nitrogens with zero attached hydrogens (tertiary/aromatic N) is 2. The number of hydrogen-bond donors (Lipinski definition) is 2. The second kappa shape index (κ2) is 9.35. The van der Waals surface area contributed by atoms with Crippen LogP contribution in [-0.4, -0.2) is 29.0 Å². The highest BCUT2D eigenvalue weighted by atomic mass is 16.5. The van der Waals surface area contributed by atoms with Gasteiger partial charge in [0.1, 0.15) is 23.1 Å². The molecule has 0 unspecified atom stereocenters. The van der Waals surface area contributed by atoms with Crippen molar-refractivity contribution in [1.29, 1.82) is 0 Å². The van der Waals surface area contributed by atoms with Gasteiger partial charge >= 0.3 is 0 Å². The van der Waals surface area contributed by atoms with Crippen LogP contribution in [0.25, 0.3) is 0 Å². The second-order valence-electron chi connectivity index (χ2n) is 7.05. The zero-order chi connectivity index (χ0) is 19.1. The average Bonchev–Trinajstić information content (AvgIpc) is 2.95. The van der Waals surface area contributed by atoms with E-state index in [-0.39, 0.29) is 11.9 Å². The first-order valence-corrected chi connectivity index (χ1v) is 9.67. The minimum absolute atomic E-state index is 0.111. The van der Waals surface area contributed by atoms with E-state index in [1.165, 1.54) is 25.7 Å². The van der Waals surface area contributed by atoms with Crippen LogP contribution in [0, 0.1) is 6.92 Å². The Hall–Kier alpha value is -2.63. The standard InChI is InChI=1S/C21H28N4O2/c1-15-23-19(21(26)25-17-7-5-3-4-6-8-17)13-20(24-15)22-14-16-9-11-18(27-2)12-10-16/h9-13,17H,3-8,14H2,1-2H3,(H,25,26)(H,22,23,24). The molecule has 6 nitrogen and oxygen atoms in total. The lowest BCUT2D eigenvalue weighted by Crippen LogP contribution is -2.35. The molecule has 3 rings (SSSR count). The minimum atomic E-state index is -0.111. The van der Waals surface area contributed by atoms with Gasteiger partial charge in [0.15, 0.2) is 0 Å². The summed E-state index contributed by atoms with van der Waals surface area (Å²) in [5.41, 5.74) is 1.53. The van der Waals surface area contributed by atoms with Gasteiger partial charge in [-0.2, -0.15) is 0 Å². The SMILES string of the molecule is COc1ccc(CNc2cc(C(=O)NC3CCCCCC3)nc(C)n2)cc1. The predicted octanol–water partition coefficient (Wildman–Crippen LogP) is 3.86. The Morgan fingerprint density at radius 2 is 1.81 bits per heavy atom. The molecule has 1 saturated carbocycles. The maximum Gasteiger partial charge on any atom is 0.270 e. The van der Waals surface area contributed by atoms with Crippen LogP contribution in [0.5, 0.6) is 5.75 Å². The van der Waals surface area contributed by atoms with Crippen LogP contribution >= 0.6 is 0 Å². The van der Waals surface area contributed by atoms with E-state index in [0.29, 0.717) is 23.9 Å². The monoisotopic (exact) mass is 368 g/mol. The topological polar surface area (TPSA) is 76.1 Å². The molecule has 0 aliphatic heterocycles. The van der Waals surface area contributed by atoms with E-state index in [2.05, 4.69) is 20.6 Å². The molecule has 0 radical (unpaired) electrons. The number of anilines is 1. The van der Waals surface area contributed by atoms with Crippen molar-refractivity contribution in [3.05, 3.63) is 47.4 Å². The summed E-state index contributed by atoms with van der Waals surface area (Å²) in [6.07, 6.45) is 7.00. The van der Waals surface area contributed by atoms with Gasteiger partial charge in [0.2, 0.25) is 0 Å². The summed E-state index contributed by atoms with van der Waals surface area (Å²) in [4.78, 5) is 21.4. The Labute approximate surface area is 160 Å². The third-order valence-corrected chi connectivity index (χ3v) is 4.89. The quantitative estimate of drug-likeness (QED) is 0.757. The number of carbonyl (C=O) groups excluding carboxylic acids is 1. The van der Waals surface area contributed by atoms with Gasteiger partial charge in [0.05, 0.1) is 7.11 Å². The van der Waals surface area contributed by atoms with E-state index >= 15 is 0 Å². The molecule has 1 aliphatic carbocycles. The first-order valence-electron chi connectivity index (χ1n) is 9.67. The van der Waals surface area contributed by atoms with Crippen LogP contribution in [0.3, 0.4) is 0 Å². The Balaban J connectivity index is 1.63. The molecular weight excluding hydrogens is 340 g/mol. The third kappa shape index (κ3) is 5.67. The Bertz CT molecular complexity index is 753. The van der Waals surface area contributed by atoms with Gasteiger partial charge in [0.25, 0.3) is 5.91 Å². The van der Waals surface area contributed by atoms with Gasteiger partial charge in [-0.05, 0) is 37.5 Å². The molecule has 1 fully saturated rings. The average molecular weight is 368 g/mol. The van der Waals surface area contributed by atoms with Crippen molar-refractivity contribution in [1.82, 2.24) is 15.3 Å². The van der Waals surface area contributed by atoms with Crippen LogP contribution in [0.4, 0.5) is 5.82 Å². The summed E-state index contributed by atoms with van der Waals surface area (Å²) < 4.78 is 5.17. The zero-order valence-corrected chi connectivity index (χ0v) is 16.1. The summed E-state index contributed by atoms with van der Waals surface area (Å²) in [6, 6.07) is 9.83. The van der Waals surface area contributed by atoms with E-state index in [1.807, 2.05) is 24.3 Å². The third-order valence-electron chi connectivity index (χ3n) is 4.89. The van der Waals surface area contributed by atoms with Crippen LogP contribution in [0.15, 0.2) is 30.3 Å². The van der Waals surface area contributed by atoms with Gasteiger partial charge in [-0.25, -0.2) is 9.97 Å². The number of aryl methyl sites for hydroxylation is 1. The van der Waals surface area contributed by atoms with Gasteiger partial charge in [-0.15, -0.1) is 0 Å². The number of carbonyl (C=O) groups is 1. The summed E-state index contributed by atoms with van der Waals surface area (Å²) in [5.74, 6) is 1.96. The van der Waals surface area contributed by atoms with Crippen molar-refractivity contribution >= 4 is 11.7 Å². The summed E-state index contributed by atoms with van der Waals surface area (Å²) in [5, 5.41) is 6.42. The number of hydrogen-bond acceptors (Lipinski definition) is 5. The first kappa shape index (κ1) is 19.1. The molecule has 0 atom stereocenters. The van der Waals surface area contributed by atoms with Crippen molar-refractivity contribution in [2.24, 2.45) is 0 Å². The number of ether oxygens (including phenoxy) is 1. The second-order valence-corrected chi connectivity index (χ2v) is 7.05. The highest BCUT2D eigenvalue weighted by Crippen LogP contribution is 2.18. The maximum absolute atomic E-state index is 12.6. The maximum atomic E-state index is 12.6. The van der Waals surface area contributed by atoms with E-state index in [4.69, 9.17) is 4.74 Å². The highest BCUT2D eigenvalue weighted by Gasteiger charge is 2.17. The van der Waals surface area contributed by atoms with Gasteiger partial charge in [0, 0.05) is 18.7 Å². The fraction of sp³-hybridized carbons (Fsp3) is 0.476. The lowest BCUT2D eigenvalue weighted by atomic mass is 10.1. The summed E-state index contributed by atoms with van der Waals surface area (Å²) in [7, 11) is 1.65. The molecule has 2 N–H and O–H groups in total. The van der Waals surface area contributed by atoms with E-state index < -0.39 is 0 Å². The Morgan fingerprint density at radius 3 is 2.48 bits per heavy atom.